The van der Waals surface area contributed by atoms with Gasteiger partial charge in [-0.15, -0.1) is 0 Å². The maximum Gasteiger partial charge on any atom is 0.0931 e. The van der Waals surface area contributed by atoms with Gasteiger partial charge in [0.05, 0.1) is 5.60 Å². The molecule has 0 bridgehead atoms. The lowest BCUT2D eigenvalue weighted by Crippen LogP contribution is -2.37. The highest BCUT2D eigenvalue weighted by Crippen LogP contribution is 2.41. The normalized spacial score (nSPS) is 29.9. The van der Waals surface area contributed by atoms with E-state index in [9.17, 15) is 5.11 Å². The lowest BCUT2D eigenvalue weighted by molar-refractivity contribution is 0.0740. The molecule has 0 radical (unpaired) electrons. The van der Waals surface area contributed by atoms with Crippen LogP contribution in [0.5, 0.6) is 0 Å². The molecular formula is C17H20N2O. The van der Waals surface area contributed by atoms with Crippen molar-refractivity contribution in [3.8, 4) is 0 Å². The molecule has 1 aliphatic carbocycles. The molecule has 0 saturated carbocycles. The Kier molecular flexibility index (Phi) is 2.41. The highest BCUT2D eigenvalue weighted by Gasteiger charge is 2.33. The summed E-state index contributed by atoms with van der Waals surface area (Å²) in [4.78, 5) is 5.62. The van der Waals surface area contributed by atoms with Crippen molar-refractivity contribution in [3.05, 3.63) is 41.6 Å². The number of aliphatic hydroxyl groups is 1. The first-order chi connectivity index (χ1) is 9.53. The summed E-state index contributed by atoms with van der Waals surface area (Å²) in [5, 5.41) is 11.9. The van der Waals surface area contributed by atoms with Crippen LogP contribution in [0.25, 0.3) is 16.5 Å². The minimum atomic E-state index is -0.755. The molecule has 0 spiro atoms. The lowest BCUT2D eigenvalue weighted by atomic mass is 9.79. The van der Waals surface area contributed by atoms with Gasteiger partial charge in [-0.1, -0.05) is 12.1 Å². The van der Waals surface area contributed by atoms with Gasteiger partial charge >= 0.3 is 0 Å². The third-order valence-electron chi connectivity index (χ3n) is 4.59. The van der Waals surface area contributed by atoms with Crippen molar-refractivity contribution in [3.63, 3.8) is 0 Å². The van der Waals surface area contributed by atoms with Crippen molar-refractivity contribution in [2.45, 2.75) is 18.9 Å². The third kappa shape index (κ3) is 1.74. The van der Waals surface area contributed by atoms with E-state index in [1.165, 1.54) is 27.6 Å². The number of aromatic amines is 1. The predicted molar refractivity (Wildman–Crippen MR) is 81.6 cm³/mol. The second-order valence-corrected chi connectivity index (χ2v) is 6.60. The largest absolute Gasteiger partial charge is 0.385 e. The molecule has 2 heterocycles. The molecule has 0 fully saturated rings. The van der Waals surface area contributed by atoms with Crippen molar-refractivity contribution in [2.24, 2.45) is 5.92 Å². The van der Waals surface area contributed by atoms with Crippen molar-refractivity contribution in [1.29, 1.82) is 0 Å². The standard InChI is InChI=1S/C17H20N2O/c1-17(20)7-14-12(9-19(2)10-17)6-11-8-18-15-5-3-4-13(14)16(11)15/h3-5,7-8,12,18,20H,6,9-10H2,1-2H3/t12-,17-/m0/s1. The number of β-amino-alcohol motifs (C(OH)–C–C–N with tert-alkyl or cyclic N) is 1. The van der Waals surface area contributed by atoms with E-state index in [0.29, 0.717) is 12.5 Å². The Hall–Kier alpha value is -1.58. The number of nitrogens with zero attached hydrogens (tertiary/aromatic N) is 1. The average Bonchev–Trinajstić information content (AvgIpc) is 2.72. The van der Waals surface area contributed by atoms with Crippen LogP contribution in [-0.2, 0) is 6.42 Å². The third-order valence-corrected chi connectivity index (χ3v) is 4.59. The molecule has 3 nitrogen and oxygen atoms in total. The number of hydrogen-bond acceptors (Lipinski definition) is 2. The molecule has 0 amide bonds. The van der Waals surface area contributed by atoms with Crippen LogP contribution in [0.15, 0.2) is 30.5 Å². The fraction of sp³-hybridized carbons (Fsp3) is 0.412. The molecule has 0 unspecified atom stereocenters. The summed E-state index contributed by atoms with van der Waals surface area (Å²) >= 11 is 0. The van der Waals surface area contributed by atoms with E-state index < -0.39 is 5.60 Å². The maximum absolute atomic E-state index is 10.6. The first-order valence-electron chi connectivity index (χ1n) is 7.26. The van der Waals surface area contributed by atoms with E-state index >= 15 is 0 Å². The van der Waals surface area contributed by atoms with E-state index in [2.05, 4.69) is 47.4 Å². The molecule has 2 aromatic rings. The van der Waals surface area contributed by atoms with Gasteiger partial charge < -0.3 is 15.0 Å². The van der Waals surface area contributed by atoms with Gasteiger partial charge in [0, 0.05) is 36.1 Å². The first kappa shape index (κ1) is 12.2. The van der Waals surface area contributed by atoms with E-state index in [4.69, 9.17) is 0 Å². The minimum absolute atomic E-state index is 0.475. The van der Waals surface area contributed by atoms with Gasteiger partial charge in [-0.05, 0) is 49.2 Å². The van der Waals surface area contributed by atoms with Crippen molar-refractivity contribution in [2.75, 3.05) is 20.1 Å². The summed E-state index contributed by atoms with van der Waals surface area (Å²) in [6.45, 7) is 3.61. The smallest absolute Gasteiger partial charge is 0.0931 e. The fourth-order valence-corrected chi connectivity index (χ4v) is 3.98. The summed E-state index contributed by atoms with van der Waals surface area (Å²) in [5.41, 5.74) is 4.47. The molecule has 1 aliphatic heterocycles. The molecule has 2 atom stereocenters. The van der Waals surface area contributed by atoms with Crippen LogP contribution in [0.3, 0.4) is 0 Å². The highest BCUT2D eigenvalue weighted by atomic mass is 16.3. The van der Waals surface area contributed by atoms with Crippen LogP contribution in [0, 0.1) is 5.92 Å². The molecule has 20 heavy (non-hydrogen) atoms. The molecule has 0 saturated heterocycles. The van der Waals surface area contributed by atoms with Crippen LogP contribution in [0.1, 0.15) is 18.1 Å². The zero-order chi connectivity index (χ0) is 13.9. The Morgan fingerprint density at radius 1 is 1.40 bits per heavy atom. The molecular weight excluding hydrogens is 248 g/mol. The summed E-state index contributed by atoms with van der Waals surface area (Å²) in [7, 11) is 2.10. The minimum Gasteiger partial charge on any atom is -0.385 e. The second-order valence-electron chi connectivity index (χ2n) is 6.60. The van der Waals surface area contributed by atoms with Gasteiger partial charge in [0.15, 0.2) is 0 Å². The molecule has 4 rings (SSSR count). The van der Waals surface area contributed by atoms with Crippen LogP contribution in [0.2, 0.25) is 0 Å². The van der Waals surface area contributed by atoms with Crippen molar-refractivity contribution < 1.29 is 5.11 Å². The summed E-state index contributed by atoms with van der Waals surface area (Å²) < 4.78 is 0. The monoisotopic (exact) mass is 268 g/mol. The predicted octanol–water partition coefficient (Wildman–Crippen LogP) is 2.42. The van der Waals surface area contributed by atoms with Gasteiger partial charge in [0.25, 0.3) is 0 Å². The Balaban J connectivity index is 1.97. The number of nitrogens with one attached hydrogen (secondary N) is 1. The van der Waals surface area contributed by atoms with Crippen LogP contribution >= 0.6 is 0 Å². The molecule has 1 aromatic heterocycles. The number of rotatable bonds is 0. The molecule has 1 aromatic carbocycles. The SMILES string of the molecule is CN1C[C@@H]2Cc3c[nH]c4cccc(c34)C2=C[C@](C)(O)C1. The number of likely N-dealkylation sites (N-methyl/N-ethyl adjacent to an activating group) is 1. The Labute approximate surface area is 118 Å². The number of aromatic nitrogens is 1. The topological polar surface area (TPSA) is 39.3 Å². The fourth-order valence-electron chi connectivity index (χ4n) is 3.98. The van der Waals surface area contributed by atoms with Crippen LogP contribution in [-0.4, -0.2) is 40.7 Å². The van der Waals surface area contributed by atoms with Crippen molar-refractivity contribution >= 4 is 16.5 Å². The molecule has 2 N–H and O–H groups in total. The number of benzene rings is 1. The van der Waals surface area contributed by atoms with Gasteiger partial charge in [0.1, 0.15) is 0 Å². The van der Waals surface area contributed by atoms with Gasteiger partial charge in [-0.3, -0.25) is 0 Å². The molecule has 3 heteroatoms. The van der Waals surface area contributed by atoms with E-state index in [1.54, 1.807) is 0 Å². The quantitative estimate of drug-likeness (QED) is 0.770. The molecule has 104 valence electrons. The molecule has 2 aliphatic rings. The Morgan fingerprint density at radius 2 is 2.25 bits per heavy atom. The number of hydrogen-bond donors (Lipinski definition) is 2. The highest BCUT2D eigenvalue weighted by molar-refractivity contribution is 5.97. The van der Waals surface area contributed by atoms with E-state index in [-0.39, 0.29) is 0 Å². The number of H-pyrrole nitrogens is 1. The first-order valence-corrected chi connectivity index (χ1v) is 7.26. The lowest BCUT2D eigenvalue weighted by Gasteiger charge is -2.27. The summed E-state index contributed by atoms with van der Waals surface area (Å²) in [5.74, 6) is 0.475. The summed E-state index contributed by atoms with van der Waals surface area (Å²) in [6, 6.07) is 6.42. The summed E-state index contributed by atoms with van der Waals surface area (Å²) in [6.07, 6.45) is 5.29. The Morgan fingerprint density at radius 3 is 3.10 bits per heavy atom. The zero-order valence-corrected chi connectivity index (χ0v) is 12.0. The maximum atomic E-state index is 10.6. The van der Waals surface area contributed by atoms with Crippen LogP contribution in [0.4, 0.5) is 0 Å². The zero-order valence-electron chi connectivity index (χ0n) is 12.0. The Bertz CT molecular complexity index is 711. The van der Waals surface area contributed by atoms with Gasteiger partial charge in [0.2, 0.25) is 0 Å². The van der Waals surface area contributed by atoms with Crippen molar-refractivity contribution in [1.82, 2.24) is 9.88 Å². The van der Waals surface area contributed by atoms with E-state index in [1.807, 2.05) is 6.92 Å². The van der Waals surface area contributed by atoms with E-state index in [0.717, 1.165) is 13.0 Å². The van der Waals surface area contributed by atoms with Gasteiger partial charge in [-0.25, -0.2) is 0 Å². The van der Waals surface area contributed by atoms with Crippen LogP contribution < -0.4 is 0 Å². The average molecular weight is 268 g/mol. The van der Waals surface area contributed by atoms with Gasteiger partial charge in [-0.2, -0.15) is 0 Å². The second kappa shape index (κ2) is 3.96. The number of fused-ring (bicyclic) bond motifs is 2.